The van der Waals surface area contributed by atoms with Crippen LogP contribution in [0.1, 0.15) is 79.2 Å². The van der Waals surface area contributed by atoms with E-state index in [1.165, 1.54) is 36.8 Å². The first-order valence-corrected chi connectivity index (χ1v) is 11.6. The quantitative estimate of drug-likeness (QED) is 0.441. The highest BCUT2D eigenvalue weighted by Crippen LogP contribution is 2.20. The average molecular weight is 451 g/mol. The predicted molar refractivity (Wildman–Crippen MR) is 128 cm³/mol. The van der Waals surface area contributed by atoms with Gasteiger partial charge in [0.05, 0.1) is 0 Å². The number of benzene rings is 1. The summed E-state index contributed by atoms with van der Waals surface area (Å²) in [6.45, 7) is 13.1. The largest absolute Gasteiger partial charge is 0.386 e. The van der Waals surface area contributed by atoms with Gasteiger partial charge in [0.15, 0.2) is 5.78 Å². The number of ketones is 1. The lowest BCUT2D eigenvalue weighted by Crippen LogP contribution is -2.19. The number of hydrogen-bond acceptors (Lipinski definition) is 2. The molecule has 1 aromatic carbocycles. The van der Waals surface area contributed by atoms with Gasteiger partial charge in [-0.2, -0.15) is 0 Å². The monoisotopic (exact) mass is 449 g/mol. The number of Topliss-reactive ketones (excluding diaryl/α,β-unsaturated/α-hetero) is 1. The summed E-state index contributed by atoms with van der Waals surface area (Å²) in [6.07, 6.45) is 11.4. The first kappa shape index (κ1) is 26.6. The number of dihydropyridines is 1. The molecule has 1 N–H and O–H groups in total. The van der Waals surface area contributed by atoms with E-state index in [-0.39, 0.29) is 5.78 Å². The van der Waals surface area contributed by atoms with Crippen LogP contribution in [0.5, 0.6) is 0 Å². The van der Waals surface area contributed by atoms with E-state index in [0.29, 0.717) is 6.54 Å². The second kappa shape index (κ2) is 16.6. The van der Waals surface area contributed by atoms with E-state index in [2.05, 4.69) is 54.2 Å². The molecule has 0 aliphatic carbocycles. The maximum Gasteiger partial charge on any atom is 0.157 e. The Bertz CT molecular complexity index is 613. The molecular formula is C25H40BrNO. The van der Waals surface area contributed by atoms with Crippen molar-refractivity contribution in [1.82, 2.24) is 5.32 Å². The topological polar surface area (TPSA) is 29.1 Å². The number of hydrogen-bond donors (Lipinski definition) is 1. The summed E-state index contributed by atoms with van der Waals surface area (Å²) in [7, 11) is 0. The van der Waals surface area contributed by atoms with Crippen LogP contribution in [0.3, 0.4) is 0 Å². The van der Waals surface area contributed by atoms with Crippen LogP contribution in [-0.4, -0.2) is 12.3 Å². The average Bonchev–Trinajstić information content (AvgIpc) is 2.70. The van der Waals surface area contributed by atoms with Gasteiger partial charge in [-0.25, -0.2) is 0 Å². The van der Waals surface area contributed by atoms with Crippen LogP contribution >= 0.6 is 15.9 Å². The molecule has 0 radical (unpaired) electrons. The molecular weight excluding hydrogens is 410 g/mol. The minimum atomic E-state index is 0.147. The van der Waals surface area contributed by atoms with Crippen LogP contribution in [0.2, 0.25) is 0 Å². The number of carbonyl (C=O) groups is 1. The normalized spacial score (nSPS) is 12.6. The van der Waals surface area contributed by atoms with Gasteiger partial charge < -0.3 is 5.32 Å². The van der Waals surface area contributed by atoms with Gasteiger partial charge in [0.25, 0.3) is 0 Å². The van der Waals surface area contributed by atoms with E-state index < -0.39 is 0 Å². The summed E-state index contributed by atoms with van der Waals surface area (Å²) in [4.78, 5) is 11.3. The highest BCUT2D eigenvalue weighted by molar-refractivity contribution is 9.10. The summed E-state index contributed by atoms with van der Waals surface area (Å²) in [5.41, 5.74) is 3.34. The molecule has 0 amide bonds. The highest BCUT2D eigenvalue weighted by atomic mass is 79.9. The SMILES string of the molecule is CC.CC(=O)C1=CC(CCc2ccccc2Br)=CNC1.CCCC(C)CCC. The summed E-state index contributed by atoms with van der Waals surface area (Å²) >= 11 is 3.55. The number of rotatable bonds is 8. The van der Waals surface area contributed by atoms with Crippen LogP contribution in [0.15, 0.2) is 52.2 Å². The summed E-state index contributed by atoms with van der Waals surface area (Å²) in [5, 5.41) is 3.15. The van der Waals surface area contributed by atoms with Crippen LogP contribution < -0.4 is 5.32 Å². The van der Waals surface area contributed by atoms with Gasteiger partial charge in [-0.15, -0.1) is 0 Å². The Balaban J connectivity index is 0.000000618. The van der Waals surface area contributed by atoms with Crippen LogP contribution in [-0.2, 0) is 11.2 Å². The lowest BCUT2D eigenvalue weighted by Gasteiger charge is -2.14. The number of allylic oxidation sites excluding steroid dienone is 2. The predicted octanol–water partition coefficient (Wildman–Crippen LogP) is 7.63. The molecule has 28 heavy (non-hydrogen) atoms. The lowest BCUT2D eigenvalue weighted by molar-refractivity contribution is -0.113. The molecule has 0 spiro atoms. The molecule has 0 saturated carbocycles. The van der Waals surface area contributed by atoms with Crippen molar-refractivity contribution in [2.24, 2.45) is 5.92 Å². The van der Waals surface area contributed by atoms with Crippen LogP contribution in [0, 0.1) is 5.92 Å². The summed E-state index contributed by atoms with van der Waals surface area (Å²) in [6, 6.07) is 8.24. The van der Waals surface area contributed by atoms with Crippen molar-refractivity contribution in [2.75, 3.05) is 6.54 Å². The van der Waals surface area contributed by atoms with Gasteiger partial charge >= 0.3 is 0 Å². The molecule has 1 aliphatic rings. The van der Waals surface area contributed by atoms with Gasteiger partial charge in [-0.1, -0.05) is 94.4 Å². The van der Waals surface area contributed by atoms with Gasteiger partial charge in [-0.05, 0) is 55.2 Å². The van der Waals surface area contributed by atoms with E-state index in [4.69, 9.17) is 0 Å². The third-order valence-electron chi connectivity index (χ3n) is 4.60. The molecule has 2 nitrogen and oxygen atoms in total. The summed E-state index contributed by atoms with van der Waals surface area (Å²) < 4.78 is 1.14. The molecule has 1 aromatic rings. The minimum absolute atomic E-state index is 0.147. The highest BCUT2D eigenvalue weighted by Gasteiger charge is 2.09. The number of carbonyl (C=O) groups excluding carboxylic acids is 1. The van der Waals surface area contributed by atoms with Gasteiger partial charge in [0.1, 0.15) is 0 Å². The fourth-order valence-electron chi connectivity index (χ4n) is 3.09. The fraction of sp³-hybridized carbons (Fsp3) is 0.560. The molecule has 2 rings (SSSR count). The van der Waals surface area contributed by atoms with Crippen molar-refractivity contribution in [2.45, 2.75) is 80.1 Å². The molecule has 0 saturated heterocycles. The molecule has 0 atom stereocenters. The lowest BCUT2D eigenvalue weighted by atomic mass is 10.00. The third kappa shape index (κ3) is 11.5. The minimum Gasteiger partial charge on any atom is -0.386 e. The van der Waals surface area contributed by atoms with Crippen molar-refractivity contribution in [3.05, 3.63) is 57.7 Å². The molecule has 0 unspecified atom stereocenters. The molecule has 0 fully saturated rings. The van der Waals surface area contributed by atoms with Crippen molar-refractivity contribution < 1.29 is 4.79 Å². The van der Waals surface area contributed by atoms with E-state index in [1.807, 2.05) is 38.3 Å². The zero-order valence-electron chi connectivity index (χ0n) is 18.8. The van der Waals surface area contributed by atoms with E-state index in [0.717, 1.165) is 28.8 Å². The maximum absolute atomic E-state index is 11.3. The van der Waals surface area contributed by atoms with Crippen molar-refractivity contribution >= 4 is 21.7 Å². The first-order chi connectivity index (χ1) is 13.5. The Morgan fingerprint density at radius 2 is 1.71 bits per heavy atom. The Morgan fingerprint density at radius 1 is 1.11 bits per heavy atom. The molecule has 0 bridgehead atoms. The summed E-state index contributed by atoms with van der Waals surface area (Å²) in [5.74, 6) is 1.11. The Kier molecular flexibility index (Phi) is 15.8. The maximum atomic E-state index is 11.3. The van der Waals surface area contributed by atoms with E-state index >= 15 is 0 Å². The molecule has 0 aromatic heterocycles. The second-order valence-corrected chi connectivity index (χ2v) is 7.95. The van der Waals surface area contributed by atoms with Crippen LogP contribution in [0.25, 0.3) is 0 Å². The Labute approximate surface area is 182 Å². The zero-order valence-corrected chi connectivity index (χ0v) is 20.4. The second-order valence-electron chi connectivity index (χ2n) is 7.10. The van der Waals surface area contributed by atoms with E-state index in [1.54, 1.807) is 6.92 Å². The van der Waals surface area contributed by atoms with E-state index in [9.17, 15) is 4.79 Å². The number of halogens is 1. The fourth-order valence-corrected chi connectivity index (χ4v) is 3.57. The third-order valence-corrected chi connectivity index (χ3v) is 5.37. The standard InChI is InChI=1S/C15H16BrNO.C8H18.C2H6/c1-11(18)14-8-12(9-17-10-14)6-7-13-4-2-3-5-15(13)16;1-4-6-8(3)7-5-2;1-2/h2-5,8-9,17H,6-7,10H2,1H3;8H,4-7H2,1-3H3;1-2H3. The molecule has 3 heteroatoms. The van der Waals surface area contributed by atoms with Crippen LogP contribution in [0.4, 0.5) is 0 Å². The zero-order chi connectivity index (χ0) is 21.4. The van der Waals surface area contributed by atoms with Crippen molar-refractivity contribution in [1.29, 1.82) is 0 Å². The Morgan fingerprint density at radius 3 is 2.25 bits per heavy atom. The number of nitrogens with one attached hydrogen (secondary N) is 1. The molecule has 1 aliphatic heterocycles. The Hall–Kier alpha value is -1.35. The molecule has 1 heterocycles. The van der Waals surface area contributed by atoms with Gasteiger partial charge in [-0.3, -0.25) is 4.79 Å². The van der Waals surface area contributed by atoms with Crippen molar-refractivity contribution in [3.8, 4) is 0 Å². The van der Waals surface area contributed by atoms with Gasteiger partial charge in [0, 0.05) is 16.6 Å². The van der Waals surface area contributed by atoms with Gasteiger partial charge in [0.2, 0.25) is 0 Å². The smallest absolute Gasteiger partial charge is 0.157 e. The first-order valence-electron chi connectivity index (χ1n) is 10.8. The molecule has 158 valence electrons. The van der Waals surface area contributed by atoms with Crippen molar-refractivity contribution in [3.63, 3.8) is 0 Å². The number of aryl methyl sites for hydroxylation is 1.